The molecule has 0 N–H and O–H groups in total. The van der Waals surface area contributed by atoms with E-state index in [2.05, 4.69) is 56.7 Å². The maximum Gasteiger partial charge on any atom is 0.0214 e. The molecule has 1 radical (unpaired) electrons. The topological polar surface area (TPSA) is 0 Å². The van der Waals surface area contributed by atoms with Gasteiger partial charge in [-0.25, -0.2) is 0 Å². The summed E-state index contributed by atoms with van der Waals surface area (Å²) in [5.74, 6) is 0. The van der Waals surface area contributed by atoms with E-state index in [0.29, 0.717) is 0 Å². The number of rotatable bonds is 12. The molecule has 0 spiro atoms. The molecule has 145 valence electrons. The van der Waals surface area contributed by atoms with Crippen LogP contribution in [-0.2, 0) is 12.8 Å². The van der Waals surface area contributed by atoms with E-state index in [-0.39, 0.29) is 0 Å². The Morgan fingerprint density at radius 3 is 2.00 bits per heavy atom. The number of unbranched alkanes of at least 4 members (excludes halogenated alkanes) is 8. The molecule has 2 aromatic rings. The van der Waals surface area contributed by atoms with Gasteiger partial charge < -0.3 is 0 Å². The minimum Gasteiger partial charge on any atom is -0.0654 e. The third kappa shape index (κ3) is 5.24. The molecule has 0 aliphatic heterocycles. The lowest BCUT2D eigenvalue weighted by molar-refractivity contribution is 0.620. The van der Waals surface area contributed by atoms with Crippen molar-refractivity contribution in [3.05, 3.63) is 65.1 Å². The van der Waals surface area contributed by atoms with Crippen LogP contribution < -0.4 is 0 Å². The molecule has 0 amide bonds. The molecule has 1 aliphatic rings. The van der Waals surface area contributed by atoms with E-state index in [9.17, 15) is 0 Å². The maximum absolute atomic E-state index is 2.45. The highest BCUT2D eigenvalue weighted by atomic mass is 14.3. The van der Waals surface area contributed by atoms with Crippen molar-refractivity contribution in [1.82, 2.24) is 0 Å². The van der Waals surface area contributed by atoms with Crippen molar-refractivity contribution in [1.29, 1.82) is 0 Å². The average molecular weight is 362 g/mol. The highest BCUT2D eigenvalue weighted by molar-refractivity contribution is 5.82. The summed E-state index contributed by atoms with van der Waals surface area (Å²) in [6.45, 7) is 4.59. The van der Waals surface area contributed by atoms with Gasteiger partial charge in [-0.05, 0) is 59.1 Å². The van der Waals surface area contributed by atoms with Gasteiger partial charge in [0.25, 0.3) is 0 Å². The van der Waals surface area contributed by atoms with Crippen LogP contribution in [-0.4, -0.2) is 0 Å². The summed E-state index contributed by atoms with van der Waals surface area (Å²) >= 11 is 0. The molecular formula is C27H37. The summed E-state index contributed by atoms with van der Waals surface area (Å²) in [6.07, 6.45) is 18.6. The standard InChI is InChI=1S/C27H37/c1-3-5-7-9-11-15-22-19-20-26-25-18-14-13-16-23(25)21-27(26)24(22)17-12-10-8-6-4-2/h13-14,16,18-21H,3-12,15,17H2,1-2H3. The SMILES string of the molecule is CCCCCCCc1ccc2c(c1CCCCCCC)[CH]c1ccccc1-2. The van der Waals surface area contributed by atoms with Crippen LogP contribution in [0.15, 0.2) is 36.4 Å². The van der Waals surface area contributed by atoms with Gasteiger partial charge in [0.15, 0.2) is 0 Å². The van der Waals surface area contributed by atoms with Gasteiger partial charge in [-0.1, -0.05) is 102 Å². The first kappa shape index (κ1) is 20.2. The van der Waals surface area contributed by atoms with Gasteiger partial charge in [0.2, 0.25) is 0 Å². The maximum atomic E-state index is 2.45. The lowest BCUT2D eigenvalue weighted by Crippen LogP contribution is -2.00. The molecule has 0 unspecified atom stereocenters. The predicted molar refractivity (Wildman–Crippen MR) is 119 cm³/mol. The Balaban J connectivity index is 1.73. The largest absolute Gasteiger partial charge is 0.0654 e. The highest BCUT2D eigenvalue weighted by Crippen LogP contribution is 2.41. The molecule has 0 bridgehead atoms. The van der Waals surface area contributed by atoms with Crippen LogP contribution in [0.4, 0.5) is 0 Å². The van der Waals surface area contributed by atoms with Crippen LogP contribution in [0.5, 0.6) is 0 Å². The number of benzene rings is 2. The molecule has 0 fully saturated rings. The summed E-state index contributed by atoms with van der Waals surface area (Å²) < 4.78 is 0. The summed E-state index contributed by atoms with van der Waals surface area (Å²) in [4.78, 5) is 0. The summed E-state index contributed by atoms with van der Waals surface area (Å²) in [5.41, 5.74) is 9.08. The summed E-state index contributed by atoms with van der Waals surface area (Å²) in [5, 5.41) is 0. The van der Waals surface area contributed by atoms with Gasteiger partial charge in [-0.15, -0.1) is 0 Å². The van der Waals surface area contributed by atoms with E-state index in [1.54, 1.807) is 11.1 Å². The van der Waals surface area contributed by atoms with Crippen molar-refractivity contribution >= 4 is 0 Å². The Labute approximate surface area is 167 Å². The smallest absolute Gasteiger partial charge is 0.0214 e. The number of fused-ring (bicyclic) bond motifs is 3. The Bertz CT molecular complexity index is 710. The lowest BCUT2D eigenvalue weighted by Gasteiger charge is -2.15. The van der Waals surface area contributed by atoms with Crippen LogP contribution in [0, 0.1) is 6.42 Å². The zero-order valence-electron chi connectivity index (χ0n) is 17.5. The van der Waals surface area contributed by atoms with Crippen LogP contribution in [0.1, 0.15) is 100 Å². The number of hydrogen-bond acceptors (Lipinski definition) is 0. The number of aryl methyl sites for hydroxylation is 1. The Morgan fingerprint density at radius 1 is 0.593 bits per heavy atom. The molecule has 27 heavy (non-hydrogen) atoms. The summed E-state index contributed by atoms with van der Waals surface area (Å²) in [7, 11) is 0. The zero-order chi connectivity index (χ0) is 18.9. The van der Waals surface area contributed by atoms with Crippen molar-refractivity contribution < 1.29 is 0 Å². The molecule has 0 atom stereocenters. The highest BCUT2D eigenvalue weighted by Gasteiger charge is 2.22. The van der Waals surface area contributed by atoms with E-state index < -0.39 is 0 Å². The third-order valence-corrected chi connectivity index (χ3v) is 6.08. The van der Waals surface area contributed by atoms with Crippen molar-refractivity contribution in [3.63, 3.8) is 0 Å². The monoisotopic (exact) mass is 361 g/mol. The molecule has 0 saturated heterocycles. The van der Waals surface area contributed by atoms with Crippen molar-refractivity contribution in [2.45, 2.75) is 90.9 Å². The first-order valence-corrected chi connectivity index (χ1v) is 11.4. The fourth-order valence-corrected chi connectivity index (χ4v) is 4.49. The molecule has 3 rings (SSSR count). The first-order valence-electron chi connectivity index (χ1n) is 11.4. The zero-order valence-corrected chi connectivity index (χ0v) is 17.5. The van der Waals surface area contributed by atoms with Crippen molar-refractivity contribution in [3.8, 4) is 11.1 Å². The van der Waals surface area contributed by atoms with Gasteiger partial charge in [0.1, 0.15) is 0 Å². The van der Waals surface area contributed by atoms with Gasteiger partial charge in [-0.3, -0.25) is 0 Å². The second-order valence-corrected chi connectivity index (χ2v) is 8.22. The molecule has 0 nitrogen and oxygen atoms in total. The van der Waals surface area contributed by atoms with Gasteiger partial charge in [-0.2, -0.15) is 0 Å². The Kier molecular flexibility index (Phi) is 7.99. The van der Waals surface area contributed by atoms with Crippen LogP contribution >= 0.6 is 0 Å². The molecule has 1 aliphatic carbocycles. The van der Waals surface area contributed by atoms with E-state index in [4.69, 9.17) is 0 Å². The van der Waals surface area contributed by atoms with Crippen LogP contribution in [0.3, 0.4) is 0 Å². The molecular weight excluding hydrogens is 324 g/mol. The lowest BCUT2D eigenvalue weighted by atomic mass is 9.89. The second-order valence-electron chi connectivity index (χ2n) is 8.22. The van der Waals surface area contributed by atoms with Crippen molar-refractivity contribution in [2.75, 3.05) is 0 Å². The predicted octanol–water partition coefficient (Wildman–Crippen LogP) is 8.29. The fourth-order valence-electron chi connectivity index (χ4n) is 4.49. The normalized spacial score (nSPS) is 12.2. The minimum absolute atomic E-state index is 1.25. The Morgan fingerprint density at radius 2 is 1.26 bits per heavy atom. The first-order chi connectivity index (χ1) is 13.3. The quantitative estimate of drug-likeness (QED) is 0.285. The third-order valence-electron chi connectivity index (χ3n) is 6.08. The van der Waals surface area contributed by atoms with E-state index in [1.165, 1.54) is 99.3 Å². The van der Waals surface area contributed by atoms with E-state index >= 15 is 0 Å². The van der Waals surface area contributed by atoms with Crippen molar-refractivity contribution in [2.24, 2.45) is 0 Å². The van der Waals surface area contributed by atoms with Gasteiger partial charge >= 0.3 is 0 Å². The van der Waals surface area contributed by atoms with Crippen LogP contribution in [0.25, 0.3) is 11.1 Å². The molecule has 2 aromatic carbocycles. The van der Waals surface area contributed by atoms with E-state index in [1.807, 2.05) is 0 Å². The minimum atomic E-state index is 1.25. The second kappa shape index (κ2) is 10.7. The molecule has 0 heteroatoms. The summed E-state index contributed by atoms with van der Waals surface area (Å²) in [6, 6.07) is 13.7. The molecule has 0 aromatic heterocycles. The number of hydrogen-bond donors (Lipinski definition) is 0. The average Bonchev–Trinajstić information content (AvgIpc) is 3.07. The van der Waals surface area contributed by atoms with E-state index in [0.717, 1.165) is 0 Å². The molecule has 0 heterocycles. The Hall–Kier alpha value is -1.56. The molecule has 0 saturated carbocycles. The van der Waals surface area contributed by atoms with Crippen LogP contribution in [0.2, 0.25) is 0 Å². The van der Waals surface area contributed by atoms with Gasteiger partial charge in [0.05, 0.1) is 0 Å². The van der Waals surface area contributed by atoms with Gasteiger partial charge in [0, 0.05) is 6.42 Å². The fraction of sp³-hybridized carbons (Fsp3) is 0.519.